The van der Waals surface area contributed by atoms with Crippen molar-refractivity contribution in [2.45, 2.75) is 26.8 Å². The number of ether oxygens (including phenoxy) is 1. The first-order valence-corrected chi connectivity index (χ1v) is 10.3. The minimum absolute atomic E-state index is 0.140. The number of aromatic nitrogens is 2. The van der Waals surface area contributed by atoms with Gasteiger partial charge in [-0.3, -0.25) is 9.59 Å². The summed E-state index contributed by atoms with van der Waals surface area (Å²) in [6, 6.07) is 13.4. The summed E-state index contributed by atoms with van der Waals surface area (Å²) in [6.07, 6.45) is 0.812. The van der Waals surface area contributed by atoms with Crippen molar-refractivity contribution in [2.24, 2.45) is 0 Å². The number of amides is 1. The second-order valence-corrected chi connectivity index (χ2v) is 7.44. The highest BCUT2D eigenvalue weighted by Crippen LogP contribution is 2.23. The molecule has 1 amide bonds. The minimum Gasteiger partial charge on any atom is -0.378 e. The first-order chi connectivity index (χ1) is 14.6. The normalized spacial score (nSPS) is 14.1. The lowest BCUT2D eigenvalue weighted by Crippen LogP contribution is -2.39. The Hall–Kier alpha value is -3.19. The van der Waals surface area contributed by atoms with Crippen LogP contribution in [-0.2, 0) is 22.5 Å². The molecule has 2 aromatic carbocycles. The molecular formula is C23H26N4O3. The molecule has 7 heteroatoms. The summed E-state index contributed by atoms with van der Waals surface area (Å²) in [5.41, 5.74) is 2.61. The lowest BCUT2D eigenvalue weighted by Gasteiger charge is -2.29. The number of fused-ring (bicyclic) bond motifs is 1. The van der Waals surface area contributed by atoms with E-state index in [4.69, 9.17) is 4.74 Å². The van der Waals surface area contributed by atoms with E-state index in [-0.39, 0.29) is 18.0 Å². The van der Waals surface area contributed by atoms with Gasteiger partial charge in [0, 0.05) is 24.2 Å². The third-order valence-corrected chi connectivity index (χ3v) is 5.46. The highest BCUT2D eigenvalue weighted by atomic mass is 16.5. The van der Waals surface area contributed by atoms with E-state index in [9.17, 15) is 9.59 Å². The lowest BCUT2D eigenvalue weighted by atomic mass is 10.1. The molecule has 1 aromatic heterocycles. The van der Waals surface area contributed by atoms with Crippen LogP contribution in [0.3, 0.4) is 0 Å². The van der Waals surface area contributed by atoms with Gasteiger partial charge < -0.3 is 15.0 Å². The summed E-state index contributed by atoms with van der Waals surface area (Å²) in [5.74, 6) is 0.447. The Labute approximate surface area is 175 Å². The van der Waals surface area contributed by atoms with Crippen LogP contribution in [0, 0.1) is 6.92 Å². The third-order valence-electron chi connectivity index (χ3n) is 5.46. The maximum absolute atomic E-state index is 13.0. The van der Waals surface area contributed by atoms with Crippen molar-refractivity contribution in [2.75, 3.05) is 36.5 Å². The Morgan fingerprint density at radius 1 is 1.10 bits per heavy atom. The molecule has 1 aliphatic heterocycles. The van der Waals surface area contributed by atoms with Gasteiger partial charge in [-0.15, -0.1) is 0 Å². The molecule has 1 aliphatic rings. The number of rotatable bonds is 5. The van der Waals surface area contributed by atoms with Crippen molar-refractivity contribution in [3.63, 3.8) is 0 Å². The van der Waals surface area contributed by atoms with Crippen LogP contribution in [0.1, 0.15) is 18.1 Å². The average molecular weight is 406 g/mol. The summed E-state index contributed by atoms with van der Waals surface area (Å²) in [7, 11) is 0. The van der Waals surface area contributed by atoms with Gasteiger partial charge in [0.1, 0.15) is 6.54 Å². The summed E-state index contributed by atoms with van der Waals surface area (Å²) in [6.45, 7) is 6.50. The molecule has 30 heavy (non-hydrogen) atoms. The smallest absolute Gasteiger partial charge is 0.275 e. The van der Waals surface area contributed by atoms with Gasteiger partial charge in [0.25, 0.3) is 5.56 Å². The molecule has 0 radical (unpaired) electrons. The van der Waals surface area contributed by atoms with Crippen molar-refractivity contribution >= 4 is 28.2 Å². The van der Waals surface area contributed by atoms with E-state index in [0.29, 0.717) is 37.5 Å². The van der Waals surface area contributed by atoms with Gasteiger partial charge in [-0.1, -0.05) is 43.3 Å². The number of nitrogens with one attached hydrogen (secondary N) is 1. The molecule has 156 valence electrons. The second-order valence-electron chi connectivity index (χ2n) is 7.44. The number of aryl methyl sites for hydroxylation is 2. The van der Waals surface area contributed by atoms with Crippen molar-refractivity contribution in [1.82, 2.24) is 9.78 Å². The van der Waals surface area contributed by atoms with Crippen LogP contribution in [0.2, 0.25) is 0 Å². The zero-order chi connectivity index (χ0) is 21.1. The summed E-state index contributed by atoms with van der Waals surface area (Å²) >= 11 is 0. The van der Waals surface area contributed by atoms with Crippen molar-refractivity contribution < 1.29 is 9.53 Å². The molecule has 1 N–H and O–H groups in total. The van der Waals surface area contributed by atoms with Crippen molar-refractivity contribution in [3.8, 4) is 0 Å². The molecule has 0 saturated carbocycles. The molecule has 0 spiro atoms. The number of benzene rings is 2. The fraction of sp³-hybridized carbons (Fsp3) is 0.348. The summed E-state index contributed by atoms with van der Waals surface area (Å²) in [4.78, 5) is 28.0. The number of anilines is 2. The van der Waals surface area contributed by atoms with Gasteiger partial charge >= 0.3 is 0 Å². The zero-order valence-electron chi connectivity index (χ0n) is 17.4. The first kappa shape index (κ1) is 20.1. The average Bonchev–Trinajstić information content (AvgIpc) is 2.77. The summed E-state index contributed by atoms with van der Waals surface area (Å²) in [5, 5.41) is 8.93. The molecule has 1 saturated heterocycles. The zero-order valence-corrected chi connectivity index (χ0v) is 17.4. The molecule has 0 bridgehead atoms. The Morgan fingerprint density at radius 2 is 1.83 bits per heavy atom. The van der Waals surface area contributed by atoms with Crippen LogP contribution < -0.4 is 15.8 Å². The molecule has 0 aliphatic carbocycles. The Kier molecular flexibility index (Phi) is 5.81. The molecule has 0 atom stereocenters. The monoisotopic (exact) mass is 406 g/mol. The Morgan fingerprint density at radius 3 is 2.57 bits per heavy atom. The Balaban J connectivity index is 1.68. The first-order valence-electron chi connectivity index (χ1n) is 10.3. The van der Waals surface area contributed by atoms with Crippen molar-refractivity contribution in [1.29, 1.82) is 0 Å². The number of para-hydroxylation sites is 1. The van der Waals surface area contributed by atoms with Crippen LogP contribution in [0.15, 0.2) is 47.3 Å². The largest absolute Gasteiger partial charge is 0.378 e. The lowest BCUT2D eigenvalue weighted by molar-refractivity contribution is -0.117. The fourth-order valence-electron chi connectivity index (χ4n) is 3.85. The van der Waals surface area contributed by atoms with Crippen LogP contribution in [0.25, 0.3) is 10.8 Å². The number of hydrogen-bond acceptors (Lipinski definition) is 5. The quantitative estimate of drug-likeness (QED) is 0.705. The second kappa shape index (κ2) is 8.67. The Bertz CT molecular complexity index is 1130. The predicted molar refractivity (Wildman–Crippen MR) is 118 cm³/mol. The van der Waals surface area contributed by atoms with Crippen LogP contribution >= 0.6 is 0 Å². The van der Waals surface area contributed by atoms with E-state index in [1.54, 1.807) is 6.07 Å². The standard InChI is InChI=1S/C23H26N4O3/c1-3-17-8-6-7-16(2)21(17)24-20(28)15-27-23(29)19-10-5-4-9-18(19)22(25-27)26-11-13-30-14-12-26/h4-10H,3,11-15H2,1-2H3,(H,24,28). The molecule has 7 nitrogen and oxygen atoms in total. The number of carbonyl (C=O) groups is 1. The maximum atomic E-state index is 13.0. The topological polar surface area (TPSA) is 76.5 Å². The van der Waals surface area contributed by atoms with Gasteiger partial charge in [0.2, 0.25) is 5.91 Å². The van der Waals surface area contributed by atoms with Crippen LogP contribution in [0.5, 0.6) is 0 Å². The van der Waals surface area contributed by atoms with Crippen LogP contribution in [-0.4, -0.2) is 42.0 Å². The number of hydrogen-bond donors (Lipinski definition) is 1. The molecule has 0 unspecified atom stereocenters. The third kappa shape index (κ3) is 3.93. The van der Waals surface area contributed by atoms with Crippen LogP contribution in [0.4, 0.5) is 11.5 Å². The number of carbonyl (C=O) groups excluding carboxylic acids is 1. The van der Waals surface area contributed by atoms with Gasteiger partial charge in [0.05, 0.1) is 18.6 Å². The van der Waals surface area contributed by atoms with E-state index in [0.717, 1.165) is 28.6 Å². The van der Waals surface area contributed by atoms with E-state index >= 15 is 0 Å². The molecule has 4 rings (SSSR count). The van der Waals surface area contributed by atoms with Gasteiger partial charge in [-0.05, 0) is 30.5 Å². The van der Waals surface area contributed by atoms with Gasteiger partial charge in [-0.2, -0.15) is 5.10 Å². The van der Waals surface area contributed by atoms with Gasteiger partial charge in [-0.25, -0.2) is 4.68 Å². The van der Waals surface area contributed by atoms with E-state index < -0.39 is 0 Å². The predicted octanol–water partition coefficient (Wildman–Crippen LogP) is 2.74. The molecule has 1 fully saturated rings. The highest BCUT2D eigenvalue weighted by Gasteiger charge is 2.19. The van der Waals surface area contributed by atoms with Gasteiger partial charge in [0.15, 0.2) is 5.82 Å². The molecular weight excluding hydrogens is 380 g/mol. The van der Waals surface area contributed by atoms with Crippen molar-refractivity contribution in [3.05, 3.63) is 63.9 Å². The van der Waals surface area contributed by atoms with E-state index in [1.165, 1.54) is 4.68 Å². The number of nitrogens with zero attached hydrogens (tertiary/aromatic N) is 3. The molecule has 2 heterocycles. The maximum Gasteiger partial charge on any atom is 0.275 e. The van der Waals surface area contributed by atoms with E-state index in [2.05, 4.69) is 22.2 Å². The van der Waals surface area contributed by atoms with E-state index in [1.807, 2.05) is 43.3 Å². The minimum atomic E-state index is -0.267. The summed E-state index contributed by atoms with van der Waals surface area (Å²) < 4.78 is 6.72. The SMILES string of the molecule is CCc1cccc(C)c1NC(=O)Cn1nc(N2CCOCC2)c2ccccc2c1=O. The fourth-order valence-corrected chi connectivity index (χ4v) is 3.85. The molecule has 3 aromatic rings. The highest BCUT2D eigenvalue weighted by molar-refractivity contribution is 5.94. The number of morpholine rings is 1.